The Morgan fingerprint density at radius 1 is 1.29 bits per heavy atom. The van der Waals surface area contributed by atoms with E-state index in [0.717, 1.165) is 0 Å². The third-order valence-electron chi connectivity index (χ3n) is 4.26. The van der Waals surface area contributed by atoms with Gasteiger partial charge >= 0.3 is 0 Å². The predicted octanol–water partition coefficient (Wildman–Crippen LogP) is -1.61. The summed E-state index contributed by atoms with van der Waals surface area (Å²) in [5, 5.41) is 29.8. The zero-order valence-electron chi connectivity index (χ0n) is 12.4. The fourth-order valence-corrected chi connectivity index (χ4v) is 3.07. The summed E-state index contributed by atoms with van der Waals surface area (Å²) in [6.45, 7) is -0.450. The Kier molecular flexibility index (Phi) is 3.28. The molecular weight excluding hydrogens is 318 g/mol. The smallest absolute Gasteiger partial charge is 0.251 e. The molecule has 4 atom stereocenters. The van der Waals surface area contributed by atoms with Gasteiger partial charge in [-0.2, -0.15) is 0 Å². The molecule has 0 saturated carbocycles. The van der Waals surface area contributed by atoms with E-state index in [0.29, 0.717) is 16.7 Å². The number of hydrogen-bond donors (Lipinski definition) is 4. The van der Waals surface area contributed by atoms with Gasteiger partial charge in [-0.1, -0.05) is 0 Å². The molecule has 1 amide bonds. The fraction of sp³-hybridized carbons (Fsp3) is 0.357. The van der Waals surface area contributed by atoms with Crippen LogP contribution in [0.3, 0.4) is 0 Å². The molecule has 126 valence electrons. The maximum absolute atomic E-state index is 11.8. The lowest BCUT2D eigenvalue weighted by atomic mass is 10.1. The van der Waals surface area contributed by atoms with E-state index in [2.05, 4.69) is 9.97 Å². The number of amides is 1. The molecule has 1 aliphatic rings. The SMILES string of the molecule is NC(=O)c1cn([C@@H]2O[C@H](CO)[C@@H](O)[C@H]2O)c2ncn3ccnc3c12. The van der Waals surface area contributed by atoms with Gasteiger partial charge in [0.1, 0.15) is 35.9 Å². The molecule has 0 radical (unpaired) electrons. The van der Waals surface area contributed by atoms with Crippen LogP contribution in [0.4, 0.5) is 0 Å². The van der Waals surface area contributed by atoms with E-state index in [1.165, 1.54) is 17.1 Å². The van der Waals surface area contributed by atoms with Crippen LogP contribution < -0.4 is 5.73 Å². The highest BCUT2D eigenvalue weighted by atomic mass is 16.6. The van der Waals surface area contributed by atoms with E-state index < -0.39 is 37.1 Å². The molecule has 10 nitrogen and oxygen atoms in total. The van der Waals surface area contributed by atoms with Gasteiger partial charge in [-0.25, -0.2) is 9.97 Å². The standard InChI is InChI=1S/C14H15N5O5/c15-11(23)6-3-19(14-10(22)9(21)7(4-20)24-14)13-8(6)12-16-1-2-18(12)5-17-13/h1-3,5,7,9-10,14,20-22H,4H2,(H2,15,23)/t7-,9-,10-,14-/m1/s1. The molecule has 0 spiro atoms. The van der Waals surface area contributed by atoms with Gasteiger partial charge in [0, 0.05) is 18.6 Å². The van der Waals surface area contributed by atoms with Crippen molar-refractivity contribution >= 4 is 22.6 Å². The van der Waals surface area contributed by atoms with Crippen LogP contribution >= 0.6 is 0 Å². The van der Waals surface area contributed by atoms with Gasteiger partial charge < -0.3 is 30.4 Å². The average molecular weight is 333 g/mol. The number of aliphatic hydroxyl groups excluding tert-OH is 3. The van der Waals surface area contributed by atoms with Crippen LogP contribution in [0, 0.1) is 0 Å². The summed E-state index contributed by atoms with van der Waals surface area (Å²) < 4.78 is 8.57. The summed E-state index contributed by atoms with van der Waals surface area (Å²) in [6.07, 6.45) is 1.65. The van der Waals surface area contributed by atoms with Crippen molar-refractivity contribution in [1.82, 2.24) is 18.9 Å². The van der Waals surface area contributed by atoms with Crippen LogP contribution in [-0.4, -0.2) is 65.1 Å². The Hall–Kier alpha value is -2.53. The summed E-state index contributed by atoms with van der Waals surface area (Å²) in [5.74, 6) is -0.677. The molecule has 1 saturated heterocycles. The molecule has 10 heteroatoms. The number of carbonyl (C=O) groups is 1. The molecule has 0 aromatic carbocycles. The van der Waals surface area contributed by atoms with E-state index in [1.807, 2.05) is 0 Å². The normalized spacial score (nSPS) is 27.3. The first kappa shape index (κ1) is 15.0. The maximum Gasteiger partial charge on any atom is 0.251 e. The summed E-state index contributed by atoms with van der Waals surface area (Å²) in [5.41, 5.74) is 6.45. The molecule has 3 aromatic rings. The molecule has 3 aromatic heterocycles. The van der Waals surface area contributed by atoms with Gasteiger partial charge in [0.05, 0.1) is 17.6 Å². The number of aliphatic hydroxyl groups is 3. The van der Waals surface area contributed by atoms with Crippen LogP contribution in [0.5, 0.6) is 0 Å². The Bertz CT molecular complexity index is 934. The highest BCUT2D eigenvalue weighted by molar-refractivity contribution is 6.10. The third kappa shape index (κ3) is 1.94. The topological polar surface area (TPSA) is 148 Å². The van der Waals surface area contributed by atoms with Crippen molar-refractivity contribution in [2.24, 2.45) is 5.73 Å². The Labute approximate surface area is 134 Å². The first-order valence-corrected chi connectivity index (χ1v) is 7.27. The highest BCUT2D eigenvalue weighted by Crippen LogP contribution is 2.34. The summed E-state index contributed by atoms with van der Waals surface area (Å²) in [6, 6.07) is 0. The van der Waals surface area contributed by atoms with Gasteiger partial charge in [-0.3, -0.25) is 9.20 Å². The van der Waals surface area contributed by atoms with E-state index in [-0.39, 0.29) is 5.56 Å². The second kappa shape index (κ2) is 5.24. The Morgan fingerprint density at radius 3 is 2.75 bits per heavy atom. The molecule has 24 heavy (non-hydrogen) atoms. The second-order valence-electron chi connectivity index (χ2n) is 5.64. The molecule has 4 heterocycles. The molecule has 0 unspecified atom stereocenters. The summed E-state index contributed by atoms with van der Waals surface area (Å²) >= 11 is 0. The van der Waals surface area contributed by atoms with Gasteiger partial charge in [0.25, 0.3) is 5.91 Å². The number of primary amides is 1. The zero-order chi connectivity index (χ0) is 17.0. The minimum atomic E-state index is -1.30. The number of nitrogens with zero attached hydrogens (tertiary/aromatic N) is 4. The number of nitrogens with two attached hydrogens (primary N) is 1. The number of carbonyl (C=O) groups excluding carboxylic acids is 1. The highest BCUT2D eigenvalue weighted by Gasteiger charge is 2.44. The molecule has 0 aliphatic carbocycles. The van der Waals surface area contributed by atoms with E-state index in [1.54, 1.807) is 16.8 Å². The first-order valence-electron chi connectivity index (χ1n) is 7.27. The van der Waals surface area contributed by atoms with Crippen molar-refractivity contribution in [3.05, 3.63) is 30.5 Å². The Balaban J connectivity index is 1.95. The lowest BCUT2D eigenvalue weighted by Gasteiger charge is -2.17. The average Bonchev–Trinajstić information content (AvgIpc) is 3.24. The lowest BCUT2D eigenvalue weighted by molar-refractivity contribution is -0.0508. The van der Waals surface area contributed by atoms with E-state index in [9.17, 15) is 20.1 Å². The first-order chi connectivity index (χ1) is 11.5. The number of rotatable bonds is 3. The minimum absolute atomic E-state index is 0.173. The summed E-state index contributed by atoms with van der Waals surface area (Å²) in [7, 11) is 0. The summed E-state index contributed by atoms with van der Waals surface area (Å²) in [4.78, 5) is 20.3. The molecule has 4 rings (SSSR count). The van der Waals surface area contributed by atoms with Crippen molar-refractivity contribution in [3.63, 3.8) is 0 Å². The van der Waals surface area contributed by atoms with Gasteiger partial charge in [-0.15, -0.1) is 0 Å². The van der Waals surface area contributed by atoms with Gasteiger partial charge in [-0.05, 0) is 0 Å². The molecule has 1 aliphatic heterocycles. The molecule has 1 fully saturated rings. The van der Waals surface area contributed by atoms with Crippen LogP contribution in [0.1, 0.15) is 16.6 Å². The quantitative estimate of drug-likeness (QED) is 0.451. The van der Waals surface area contributed by atoms with Crippen molar-refractivity contribution < 1.29 is 24.9 Å². The van der Waals surface area contributed by atoms with Crippen LogP contribution in [0.15, 0.2) is 24.9 Å². The van der Waals surface area contributed by atoms with Crippen LogP contribution in [0.25, 0.3) is 16.7 Å². The van der Waals surface area contributed by atoms with Crippen molar-refractivity contribution in [3.8, 4) is 0 Å². The molecule has 5 N–H and O–H groups in total. The number of aromatic nitrogens is 4. The Morgan fingerprint density at radius 2 is 2.08 bits per heavy atom. The van der Waals surface area contributed by atoms with Gasteiger partial charge in [0.2, 0.25) is 0 Å². The maximum atomic E-state index is 11.8. The second-order valence-corrected chi connectivity index (χ2v) is 5.64. The largest absolute Gasteiger partial charge is 0.394 e. The fourth-order valence-electron chi connectivity index (χ4n) is 3.07. The lowest BCUT2D eigenvalue weighted by Crippen LogP contribution is -2.33. The number of ether oxygens (including phenoxy) is 1. The number of imidazole rings is 1. The van der Waals surface area contributed by atoms with Crippen molar-refractivity contribution in [2.45, 2.75) is 24.5 Å². The molecule has 0 bridgehead atoms. The van der Waals surface area contributed by atoms with E-state index >= 15 is 0 Å². The van der Waals surface area contributed by atoms with Gasteiger partial charge in [0.15, 0.2) is 6.23 Å². The zero-order valence-corrected chi connectivity index (χ0v) is 12.4. The number of fused-ring (bicyclic) bond motifs is 3. The van der Waals surface area contributed by atoms with Crippen LogP contribution in [-0.2, 0) is 4.74 Å². The van der Waals surface area contributed by atoms with Crippen molar-refractivity contribution in [1.29, 1.82) is 0 Å². The third-order valence-corrected chi connectivity index (χ3v) is 4.26. The van der Waals surface area contributed by atoms with Crippen LogP contribution in [0.2, 0.25) is 0 Å². The molecular formula is C14H15N5O5. The minimum Gasteiger partial charge on any atom is -0.394 e. The number of hydrogen-bond acceptors (Lipinski definition) is 7. The monoisotopic (exact) mass is 333 g/mol. The van der Waals surface area contributed by atoms with Crippen molar-refractivity contribution in [2.75, 3.05) is 6.61 Å². The predicted molar refractivity (Wildman–Crippen MR) is 80.0 cm³/mol. The van der Waals surface area contributed by atoms with E-state index in [4.69, 9.17) is 10.5 Å².